The lowest BCUT2D eigenvalue weighted by Gasteiger charge is -2.31. The Morgan fingerprint density at radius 2 is 2.18 bits per heavy atom. The van der Waals surface area contributed by atoms with Crippen LogP contribution in [0.2, 0.25) is 0 Å². The molecular weight excluding hydrogens is 214 g/mol. The highest BCUT2D eigenvalue weighted by Crippen LogP contribution is 2.08. The maximum atomic E-state index is 11.8. The predicted molar refractivity (Wildman–Crippen MR) is 71.0 cm³/mol. The molecule has 0 aromatic rings. The molecule has 2 N–H and O–H groups in total. The number of rotatable bonds is 5. The summed E-state index contributed by atoms with van der Waals surface area (Å²) in [6.45, 7) is 8.93. The summed E-state index contributed by atoms with van der Waals surface area (Å²) in [5.41, 5.74) is 0. The van der Waals surface area contributed by atoms with Gasteiger partial charge in [-0.05, 0) is 39.3 Å². The zero-order chi connectivity index (χ0) is 12.8. The third kappa shape index (κ3) is 5.04. The molecule has 0 aromatic carbocycles. The van der Waals surface area contributed by atoms with Gasteiger partial charge in [0.25, 0.3) is 0 Å². The molecule has 0 aliphatic carbocycles. The van der Waals surface area contributed by atoms with Gasteiger partial charge in [0.15, 0.2) is 0 Å². The first kappa shape index (κ1) is 14.5. The van der Waals surface area contributed by atoms with E-state index in [1.807, 2.05) is 7.05 Å². The van der Waals surface area contributed by atoms with Crippen molar-refractivity contribution in [1.82, 2.24) is 15.5 Å². The van der Waals surface area contributed by atoms with Crippen LogP contribution in [-0.2, 0) is 4.79 Å². The first-order chi connectivity index (χ1) is 8.00. The molecule has 1 fully saturated rings. The lowest BCUT2D eigenvalue weighted by atomic mass is 10.1. The van der Waals surface area contributed by atoms with Crippen LogP contribution in [-0.4, -0.2) is 49.6 Å². The van der Waals surface area contributed by atoms with Gasteiger partial charge in [-0.3, -0.25) is 9.69 Å². The molecule has 1 aliphatic rings. The van der Waals surface area contributed by atoms with Crippen molar-refractivity contribution in [3.05, 3.63) is 0 Å². The SMILES string of the molecule is CC(C)C(C)NC(=O)CN(C)C1CCCNC1. The van der Waals surface area contributed by atoms with E-state index in [0.29, 0.717) is 18.5 Å². The van der Waals surface area contributed by atoms with Gasteiger partial charge >= 0.3 is 0 Å². The van der Waals surface area contributed by atoms with Crippen molar-refractivity contribution in [2.45, 2.75) is 45.7 Å². The van der Waals surface area contributed by atoms with E-state index < -0.39 is 0 Å². The fourth-order valence-corrected chi connectivity index (χ4v) is 2.03. The Morgan fingerprint density at radius 3 is 2.71 bits per heavy atom. The van der Waals surface area contributed by atoms with Crippen molar-refractivity contribution in [3.63, 3.8) is 0 Å². The monoisotopic (exact) mass is 241 g/mol. The lowest BCUT2D eigenvalue weighted by molar-refractivity contribution is -0.123. The number of carbonyl (C=O) groups excluding carboxylic acids is 1. The number of nitrogens with one attached hydrogen (secondary N) is 2. The molecule has 1 heterocycles. The van der Waals surface area contributed by atoms with E-state index in [-0.39, 0.29) is 11.9 Å². The van der Waals surface area contributed by atoms with Crippen LogP contribution in [0.1, 0.15) is 33.6 Å². The van der Waals surface area contributed by atoms with Crippen LogP contribution in [0.25, 0.3) is 0 Å². The van der Waals surface area contributed by atoms with Gasteiger partial charge in [0.1, 0.15) is 0 Å². The highest BCUT2D eigenvalue weighted by Gasteiger charge is 2.20. The summed E-state index contributed by atoms with van der Waals surface area (Å²) in [6.07, 6.45) is 2.40. The maximum absolute atomic E-state index is 11.8. The third-order valence-corrected chi connectivity index (χ3v) is 3.68. The van der Waals surface area contributed by atoms with Gasteiger partial charge in [0.05, 0.1) is 6.54 Å². The van der Waals surface area contributed by atoms with Crippen LogP contribution in [0.5, 0.6) is 0 Å². The molecule has 2 unspecified atom stereocenters. The van der Waals surface area contributed by atoms with Crippen LogP contribution >= 0.6 is 0 Å². The van der Waals surface area contributed by atoms with Crippen LogP contribution in [0.15, 0.2) is 0 Å². The highest BCUT2D eigenvalue weighted by atomic mass is 16.2. The van der Waals surface area contributed by atoms with Crippen molar-refractivity contribution < 1.29 is 4.79 Å². The molecule has 1 amide bonds. The Morgan fingerprint density at radius 1 is 1.47 bits per heavy atom. The van der Waals surface area contributed by atoms with E-state index in [9.17, 15) is 4.79 Å². The average Bonchev–Trinajstić information content (AvgIpc) is 2.29. The molecule has 17 heavy (non-hydrogen) atoms. The number of hydrogen-bond acceptors (Lipinski definition) is 3. The van der Waals surface area contributed by atoms with Crippen molar-refractivity contribution in [3.8, 4) is 0 Å². The Hall–Kier alpha value is -0.610. The van der Waals surface area contributed by atoms with Gasteiger partial charge in [-0.25, -0.2) is 0 Å². The summed E-state index contributed by atoms with van der Waals surface area (Å²) >= 11 is 0. The molecule has 1 aliphatic heterocycles. The fourth-order valence-electron chi connectivity index (χ4n) is 2.03. The van der Waals surface area contributed by atoms with E-state index in [1.165, 1.54) is 12.8 Å². The summed E-state index contributed by atoms with van der Waals surface area (Å²) < 4.78 is 0. The smallest absolute Gasteiger partial charge is 0.234 e. The molecule has 4 nitrogen and oxygen atoms in total. The number of amides is 1. The van der Waals surface area contributed by atoms with Crippen LogP contribution in [0, 0.1) is 5.92 Å². The molecule has 0 aromatic heterocycles. The summed E-state index contributed by atoms with van der Waals surface area (Å²) in [4.78, 5) is 14.0. The van der Waals surface area contributed by atoms with E-state index in [1.54, 1.807) is 0 Å². The van der Waals surface area contributed by atoms with Crippen LogP contribution < -0.4 is 10.6 Å². The fraction of sp³-hybridized carbons (Fsp3) is 0.923. The van der Waals surface area contributed by atoms with Gasteiger partial charge in [-0.2, -0.15) is 0 Å². The van der Waals surface area contributed by atoms with Crippen molar-refractivity contribution in [1.29, 1.82) is 0 Å². The molecule has 1 rings (SSSR count). The molecule has 100 valence electrons. The van der Waals surface area contributed by atoms with Crippen molar-refractivity contribution >= 4 is 5.91 Å². The van der Waals surface area contributed by atoms with Crippen molar-refractivity contribution in [2.24, 2.45) is 5.92 Å². The zero-order valence-electron chi connectivity index (χ0n) is 11.6. The van der Waals surface area contributed by atoms with Crippen molar-refractivity contribution in [2.75, 3.05) is 26.7 Å². The molecule has 1 saturated heterocycles. The average molecular weight is 241 g/mol. The standard InChI is InChI=1S/C13H27N3O/c1-10(2)11(3)15-13(17)9-16(4)12-6-5-7-14-8-12/h10-12,14H,5-9H2,1-4H3,(H,15,17). The largest absolute Gasteiger partial charge is 0.352 e. The maximum Gasteiger partial charge on any atom is 0.234 e. The van der Waals surface area contributed by atoms with Crippen LogP contribution in [0.3, 0.4) is 0 Å². The second-order valence-corrected chi connectivity index (χ2v) is 5.52. The summed E-state index contributed by atoms with van der Waals surface area (Å²) in [6, 6.07) is 0.754. The molecule has 0 bridgehead atoms. The molecule has 0 radical (unpaired) electrons. The number of carbonyl (C=O) groups is 1. The highest BCUT2D eigenvalue weighted by molar-refractivity contribution is 5.78. The summed E-state index contributed by atoms with van der Waals surface area (Å²) in [5.74, 6) is 0.625. The van der Waals surface area contributed by atoms with Gasteiger partial charge < -0.3 is 10.6 Å². The number of hydrogen-bond donors (Lipinski definition) is 2. The van der Waals surface area contributed by atoms with E-state index in [0.717, 1.165) is 13.1 Å². The van der Waals surface area contributed by atoms with Crippen LogP contribution in [0.4, 0.5) is 0 Å². The van der Waals surface area contributed by atoms with E-state index >= 15 is 0 Å². The second-order valence-electron chi connectivity index (χ2n) is 5.52. The Balaban J connectivity index is 2.29. The predicted octanol–water partition coefficient (Wildman–Crippen LogP) is 0.831. The zero-order valence-corrected chi connectivity index (χ0v) is 11.6. The second kappa shape index (κ2) is 6.97. The van der Waals surface area contributed by atoms with Gasteiger partial charge in [0.2, 0.25) is 5.91 Å². The third-order valence-electron chi connectivity index (χ3n) is 3.68. The first-order valence-electron chi connectivity index (χ1n) is 6.71. The molecule has 0 spiro atoms. The minimum absolute atomic E-state index is 0.138. The number of piperidine rings is 1. The van der Waals surface area contributed by atoms with E-state index in [2.05, 4.69) is 36.3 Å². The molecule has 4 heteroatoms. The lowest BCUT2D eigenvalue weighted by Crippen LogP contribution is -2.49. The quantitative estimate of drug-likeness (QED) is 0.749. The topological polar surface area (TPSA) is 44.4 Å². The Kier molecular flexibility index (Phi) is 5.92. The van der Waals surface area contributed by atoms with Gasteiger partial charge in [-0.1, -0.05) is 13.8 Å². The molecular formula is C13H27N3O. The Labute approximate surface area is 105 Å². The Bertz CT molecular complexity index is 237. The molecule has 0 saturated carbocycles. The van der Waals surface area contributed by atoms with E-state index in [4.69, 9.17) is 0 Å². The van der Waals surface area contributed by atoms with Gasteiger partial charge in [-0.15, -0.1) is 0 Å². The summed E-state index contributed by atoms with van der Waals surface area (Å²) in [7, 11) is 2.04. The number of likely N-dealkylation sites (N-methyl/N-ethyl adjacent to an activating group) is 1. The summed E-state index contributed by atoms with van der Waals surface area (Å²) in [5, 5.41) is 6.42. The minimum atomic E-state index is 0.138. The first-order valence-corrected chi connectivity index (χ1v) is 6.71. The van der Waals surface area contributed by atoms with Gasteiger partial charge in [0, 0.05) is 18.6 Å². The normalized spacial score (nSPS) is 22.8. The minimum Gasteiger partial charge on any atom is -0.352 e. The number of nitrogens with zero attached hydrogens (tertiary/aromatic N) is 1. The molecule has 2 atom stereocenters.